The maximum Gasteiger partial charge on any atom is 0.251 e. The van der Waals surface area contributed by atoms with Crippen LogP contribution >= 0.6 is 15.9 Å². The van der Waals surface area contributed by atoms with Crippen LogP contribution in [0.4, 0.5) is 0 Å². The molecule has 0 fully saturated rings. The van der Waals surface area contributed by atoms with Gasteiger partial charge < -0.3 is 10.6 Å². The summed E-state index contributed by atoms with van der Waals surface area (Å²) in [5, 5.41) is 5.55. The Kier molecular flexibility index (Phi) is 5.72. The van der Waals surface area contributed by atoms with Crippen molar-refractivity contribution in [2.45, 2.75) is 6.92 Å². The molecule has 0 saturated carbocycles. The molecule has 0 bridgehead atoms. The molecule has 114 valence electrons. The highest BCUT2D eigenvalue weighted by atomic mass is 79.9. The Morgan fingerprint density at radius 2 is 1.50 bits per heavy atom. The topological polar surface area (TPSA) is 58.2 Å². The highest BCUT2D eigenvalue weighted by Crippen LogP contribution is 2.10. The largest absolute Gasteiger partial charge is 0.350 e. The lowest BCUT2D eigenvalue weighted by Crippen LogP contribution is -2.34. The second-order valence-electron chi connectivity index (χ2n) is 4.89. The zero-order valence-corrected chi connectivity index (χ0v) is 13.8. The van der Waals surface area contributed by atoms with Crippen molar-refractivity contribution in [1.29, 1.82) is 0 Å². The first kappa shape index (κ1) is 16.2. The van der Waals surface area contributed by atoms with Crippen molar-refractivity contribution < 1.29 is 9.59 Å². The van der Waals surface area contributed by atoms with Crippen molar-refractivity contribution in [3.05, 3.63) is 69.7 Å². The Hall–Kier alpha value is -2.14. The van der Waals surface area contributed by atoms with Crippen LogP contribution < -0.4 is 10.6 Å². The summed E-state index contributed by atoms with van der Waals surface area (Å²) in [6, 6.07) is 14.5. The molecule has 2 N–H and O–H groups in total. The molecule has 0 aliphatic rings. The summed E-state index contributed by atoms with van der Waals surface area (Å²) in [5.41, 5.74) is 2.25. The lowest BCUT2D eigenvalue weighted by Gasteiger charge is -2.08. The third kappa shape index (κ3) is 4.70. The molecule has 22 heavy (non-hydrogen) atoms. The highest BCUT2D eigenvalue weighted by Gasteiger charge is 2.06. The molecule has 0 heterocycles. The summed E-state index contributed by atoms with van der Waals surface area (Å²) in [4.78, 5) is 23.8. The van der Waals surface area contributed by atoms with E-state index >= 15 is 0 Å². The predicted octanol–water partition coefficient (Wildman–Crippen LogP) is 2.92. The summed E-state index contributed by atoms with van der Waals surface area (Å²) in [7, 11) is 0. The molecular formula is C17H17BrN2O2. The molecule has 2 amide bonds. The molecule has 4 nitrogen and oxygen atoms in total. The fourth-order valence-electron chi connectivity index (χ4n) is 1.94. The summed E-state index contributed by atoms with van der Waals surface area (Å²) >= 11 is 3.32. The van der Waals surface area contributed by atoms with Crippen LogP contribution in [0.15, 0.2) is 53.0 Å². The van der Waals surface area contributed by atoms with Gasteiger partial charge in [0.2, 0.25) is 0 Å². The van der Waals surface area contributed by atoms with Gasteiger partial charge in [-0.05, 0) is 43.3 Å². The normalized spacial score (nSPS) is 10.1. The first-order valence-corrected chi connectivity index (χ1v) is 7.74. The van der Waals surface area contributed by atoms with E-state index in [1.165, 1.54) is 0 Å². The summed E-state index contributed by atoms with van der Waals surface area (Å²) in [5.74, 6) is -0.293. The average molecular weight is 361 g/mol. The number of halogens is 1. The lowest BCUT2D eigenvalue weighted by atomic mass is 10.1. The van der Waals surface area contributed by atoms with Gasteiger partial charge in [-0.25, -0.2) is 0 Å². The zero-order chi connectivity index (χ0) is 15.9. The van der Waals surface area contributed by atoms with E-state index in [-0.39, 0.29) is 11.8 Å². The third-order valence-electron chi connectivity index (χ3n) is 3.08. The molecule has 2 rings (SSSR count). The van der Waals surface area contributed by atoms with Crippen LogP contribution in [0.25, 0.3) is 0 Å². The summed E-state index contributed by atoms with van der Waals surface area (Å²) < 4.78 is 0.925. The molecule has 0 aromatic heterocycles. The fourth-order valence-corrected chi connectivity index (χ4v) is 2.21. The predicted molar refractivity (Wildman–Crippen MR) is 90.0 cm³/mol. The van der Waals surface area contributed by atoms with Crippen molar-refractivity contribution in [3.63, 3.8) is 0 Å². The van der Waals surface area contributed by atoms with Crippen LogP contribution in [0.2, 0.25) is 0 Å². The van der Waals surface area contributed by atoms with Crippen LogP contribution in [0, 0.1) is 6.92 Å². The van der Waals surface area contributed by atoms with E-state index in [0.717, 1.165) is 10.0 Å². The van der Waals surface area contributed by atoms with E-state index in [9.17, 15) is 9.59 Å². The minimum absolute atomic E-state index is 0.137. The number of rotatable bonds is 5. The zero-order valence-electron chi connectivity index (χ0n) is 12.2. The Morgan fingerprint density at radius 3 is 2.09 bits per heavy atom. The van der Waals surface area contributed by atoms with E-state index < -0.39 is 0 Å². The van der Waals surface area contributed by atoms with Gasteiger partial charge in [0, 0.05) is 28.7 Å². The van der Waals surface area contributed by atoms with E-state index in [4.69, 9.17) is 0 Å². The monoisotopic (exact) mass is 360 g/mol. The number of hydrogen-bond acceptors (Lipinski definition) is 2. The van der Waals surface area contributed by atoms with Gasteiger partial charge in [0.25, 0.3) is 11.8 Å². The molecule has 0 spiro atoms. The maximum absolute atomic E-state index is 11.9. The second kappa shape index (κ2) is 7.75. The summed E-state index contributed by atoms with van der Waals surface area (Å²) in [6.45, 7) is 2.71. The van der Waals surface area contributed by atoms with Gasteiger partial charge in [-0.15, -0.1) is 0 Å². The van der Waals surface area contributed by atoms with E-state index in [1.807, 2.05) is 37.3 Å². The van der Waals surface area contributed by atoms with Gasteiger partial charge in [0.1, 0.15) is 0 Å². The Bertz CT molecular complexity index is 669. The maximum atomic E-state index is 11.9. The van der Waals surface area contributed by atoms with Crippen molar-refractivity contribution in [2.75, 3.05) is 13.1 Å². The van der Waals surface area contributed by atoms with Crippen LogP contribution in [0.3, 0.4) is 0 Å². The number of aryl methyl sites for hydroxylation is 1. The van der Waals surface area contributed by atoms with Gasteiger partial charge in [0.15, 0.2) is 0 Å². The van der Waals surface area contributed by atoms with E-state index in [1.54, 1.807) is 18.2 Å². The average Bonchev–Trinajstić information content (AvgIpc) is 2.51. The third-order valence-corrected chi connectivity index (χ3v) is 3.61. The molecule has 2 aromatic carbocycles. The number of carbonyl (C=O) groups is 2. The number of hydrogen-bond donors (Lipinski definition) is 2. The number of carbonyl (C=O) groups excluding carboxylic acids is 2. The number of nitrogens with one attached hydrogen (secondary N) is 2. The molecule has 0 aliphatic heterocycles. The number of amides is 2. The van der Waals surface area contributed by atoms with Gasteiger partial charge in [-0.2, -0.15) is 0 Å². The van der Waals surface area contributed by atoms with Crippen LogP contribution in [0.1, 0.15) is 26.3 Å². The van der Waals surface area contributed by atoms with Gasteiger partial charge in [-0.3, -0.25) is 9.59 Å². The Balaban J connectivity index is 1.76. The summed E-state index contributed by atoms with van der Waals surface area (Å²) in [6.07, 6.45) is 0. The van der Waals surface area contributed by atoms with Crippen molar-refractivity contribution in [1.82, 2.24) is 10.6 Å². The van der Waals surface area contributed by atoms with Gasteiger partial charge in [0.05, 0.1) is 0 Å². The first-order chi connectivity index (χ1) is 10.6. The van der Waals surface area contributed by atoms with Gasteiger partial charge >= 0.3 is 0 Å². The molecule has 0 aliphatic carbocycles. The Labute approximate surface area is 138 Å². The number of benzene rings is 2. The van der Waals surface area contributed by atoms with Crippen molar-refractivity contribution >= 4 is 27.7 Å². The van der Waals surface area contributed by atoms with Crippen LogP contribution in [-0.4, -0.2) is 24.9 Å². The quantitative estimate of drug-likeness (QED) is 0.805. The molecule has 0 radical (unpaired) electrons. The van der Waals surface area contributed by atoms with E-state index in [2.05, 4.69) is 26.6 Å². The van der Waals surface area contributed by atoms with Gasteiger partial charge in [-0.1, -0.05) is 33.6 Å². The minimum atomic E-state index is -0.155. The van der Waals surface area contributed by atoms with E-state index in [0.29, 0.717) is 24.2 Å². The molecule has 2 aromatic rings. The first-order valence-electron chi connectivity index (χ1n) is 6.95. The van der Waals surface area contributed by atoms with Crippen molar-refractivity contribution in [2.24, 2.45) is 0 Å². The molecule has 5 heteroatoms. The Morgan fingerprint density at radius 1 is 0.909 bits per heavy atom. The van der Waals surface area contributed by atoms with Crippen molar-refractivity contribution in [3.8, 4) is 0 Å². The smallest absolute Gasteiger partial charge is 0.251 e. The lowest BCUT2D eigenvalue weighted by molar-refractivity contribution is 0.0927. The minimum Gasteiger partial charge on any atom is -0.350 e. The molecule has 0 unspecified atom stereocenters. The SMILES string of the molecule is Cc1cccc(C(=O)NCCNC(=O)c2ccc(Br)cc2)c1. The highest BCUT2D eigenvalue weighted by molar-refractivity contribution is 9.10. The molecule has 0 saturated heterocycles. The standard InChI is InChI=1S/C17H17BrN2O2/c1-12-3-2-4-14(11-12)17(22)20-10-9-19-16(21)13-5-7-15(18)8-6-13/h2-8,11H,9-10H2,1H3,(H,19,21)(H,20,22). The fraction of sp³-hybridized carbons (Fsp3) is 0.176. The second-order valence-corrected chi connectivity index (χ2v) is 5.80. The van der Waals surface area contributed by atoms with Crippen LogP contribution in [0.5, 0.6) is 0 Å². The molecular weight excluding hydrogens is 344 g/mol. The van der Waals surface area contributed by atoms with Crippen LogP contribution in [-0.2, 0) is 0 Å². The molecule has 0 atom stereocenters.